The highest BCUT2D eigenvalue weighted by Gasteiger charge is 2.19. The van der Waals surface area contributed by atoms with Crippen molar-refractivity contribution < 1.29 is 28.6 Å². The zero-order valence-corrected chi connectivity index (χ0v) is 40.2. The van der Waals surface area contributed by atoms with Crippen LogP contribution < -0.4 is 0 Å². The minimum Gasteiger partial charge on any atom is -0.462 e. The highest BCUT2D eigenvalue weighted by molar-refractivity contribution is 5.71. The molecule has 0 saturated heterocycles. The minimum absolute atomic E-state index is 0.0909. The van der Waals surface area contributed by atoms with E-state index < -0.39 is 6.10 Å². The third kappa shape index (κ3) is 48.0. The monoisotopic (exact) mass is 853 g/mol. The molecule has 6 nitrogen and oxygen atoms in total. The van der Waals surface area contributed by atoms with Gasteiger partial charge in [-0.15, -0.1) is 0 Å². The van der Waals surface area contributed by atoms with Crippen molar-refractivity contribution in [3.05, 3.63) is 60.8 Å². The summed E-state index contributed by atoms with van der Waals surface area (Å²) in [5.74, 6) is -0.935. The van der Waals surface area contributed by atoms with Crippen molar-refractivity contribution >= 4 is 17.9 Å². The number of hydrogen-bond donors (Lipinski definition) is 0. The van der Waals surface area contributed by atoms with Crippen LogP contribution in [0, 0.1) is 0 Å². The van der Waals surface area contributed by atoms with Crippen LogP contribution in [-0.2, 0) is 28.6 Å². The smallest absolute Gasteiger partial charge is 0.306 e. The van der Waals surface area contributed by atoms with Gasteiger partial charge in [0.1, 0.15) is 13.2 Å². The van der Waals surface area contributed by atoms with Gasteiger partial charge in [0.15, 0.2) is 6.10 Å². The normalized spacial score (nSPS) is 12.5. The van der Waals surface area contributed by atoms with E-state index in [1.165, 1.54) is 135 Å². The van der Waals surface area contributed by atoms with Gasteiger partial charge in [-0.2, -0.15) is 0 Å². The van der Waals surface area contributed by atoms with E-state index in [2.05, 4.69) is 45.1 Å². The Morgan fingerprint density at radius 1 is 0.344 bits per heavy atom. The maximum atomic E-state index is 12.8. The summed E-state index contributed by atoms with van der Waals surface area (Å²) >= 11 is 0. The summed E-state index contributed by atoms with van der Waals surface area (Å²) in [4.78, 5) is 37.9. The molecule has 1 unspecified atom stereocenters. The van der Waals surface area contributed by atoms with E-state index in [4.69, 9.17) is 14.2 Å². The second-order valence-electron chi connectivity index (χ2n) is 17.1. The molecule has 0 aromatic carbocycles. The number of unbranched alkanes of at least 4 members (excludes halogenated alkanes) is 28. The molecule has 0 N–H and O–H groups in total. The Labute approximate surface area is 377 Å². The molecule has 0 rings (SSSR count). The Hall–Kier alpha value is -2.89. The molecule has 0 fully saturated rings. The molecule has 0 amide bonds. The number of rotatable bonds is 46. The first-order chi connectivity index (χ1) is 30.0. The summed E-state index contributed by atoms with van der Waals surface area (Å²) in [6.07, 6.45) is 60.7. The zero-order chi connectivity index (χ0) is 44.4. The predicted octanol–water partition coefficient (Wildman–Crippen LogP) is 16.9. The van der Waals surface area contributed by atoms with Gasteiger partial charge in [0, 0.05) is 19.3 Å². The Bertz CT molecular complexity index is 1120. The highest BCUT2D eigenvalue weighted by Crippen LogP contribution is 2.16. The molecule has 0 aliphatic rings. The van der Waals surface area contributed by atoms with Crippen molar-refractivity contribution in [3.8, 4) is 0 Å². The number of carbonyl (C=O) groups is 3. The standard InChI is InChI=1S/C55H96O6/c1-4-7-10-13-16-19-22-25-26-27-28-29-31-33-36-39-42-45-48-54(57)60-51-52(50-59-53(56)47-44-41-38-35-32-24-21-18-15-12-9-6-3)61-55(58)49-46-43-40-37-34-30-23-20-17-14-11-8-5-2/h8,11,14,17-18,20-21,23,30,34,52H,4-7,9-10,12-13,15-16,19,22,24-29,31-33,35-51H2,1-3H3/b11-8-,17-14-,21-18-,23-20-,34-30-. The van der Waals surface area contributed by atoms with E-state index in [-0.39, 0.29) is 37.5 Å². The predicted molar refractivity (Wildman–Crippen MR) is 261 cm³/mol. The third-order valence-electron chi connectivity index (χ3n) is 11.1. The van der Waals surface area contributed by atoms with E-state index in [1.807, 2.05) is 36.5 Å². The van der Waals surface area contributed by atoms with Gasteiger partial charge in [-0.05, 0) is 64.2 Å². The summed E-state index contributed by atoms with van der Waals surface area (Å²) in [7, 11) is 0. The van der Waals surface area contributed by atoms with Gasteiger partial charge in [0.2, 0.25) is 0 Å². The summed E-state index contributed by atoms with van der Waals surface area (Å²) < 4.78 is 16.7. The van der Waals surface area contributed by atoms with E-state index in [0.717, 1.165) is 77.0 Å². The summed E-state index contributed by atoms with van der Waals surface area (Å²) in [6.45, 7) is 6.44. The second kappa shape index (κ2) is 49.8. The lowest BCUT2D eigenvalue weighted by Gasteiger charge is -2.18. The largest absolute Gasteiger partial charge is 0.462 e. The maximum Gasteiger partial charge on any atom is 0.306 e. The average Bonchev–Trinajstić information content (AvgIpc) is 3.26. The lowest BCUT2D eigenvalue weighted by molar-refractivity contribution is -0.167. The van der Waals surface area contributed by atoms with Crippen molar-refractivity contribution in [1.82, 2.24) is 0 Å². The van der Waals surface area contributed by atoms with Gasteiger partial charge < -0.3 is 14.2 Å². The molecule has 0 aliphatic heterocycles. The fraction of sp³-hybridized carbons (Fsp3) is 0.764. The summed E-state index contributed by atoms with van der Waals surface area (Å²) in [5, 5.41) is 0. The van der Waals surface area contributed by atoms with Crippen LogP contribution >= 0.6 is 0 Å². The molecule has 352 valence electrons. The summed E-state index contributed by atoms with van der Waals surface area (Å²) in [5.41, 5.74) is 0. The van der Waals surface area contributed by atoms with Crippen LogP contribution in [0.3, 0.4) is 0 Å². The van der Waals surface area contributed by atoms with Gasteiger partial charge in [0.25, 0.3) is 0 Å². The molecule has 0 heterocycles. The summed E-state index contributed by atoms with van der Waals surface area (Å²) in [6, 6.07) is 0. The van der Waals surface area contributed by atoms with Crippen molar-refractivity contribution in [2.24, 2.45) is 0 Å². The van der Waals surface area contributed by atoms with Crippen molar-refractivity contribution in [2.75, 3.05) is 13.2 Å². The van der Waals surface area contributed by atoms with Gasteiger partial charge >= 0.3 is 17.9 Å². The van der Waals surface area contributed by atoms with Crippen LogP contribution in [0.4, 0.5) is 0 Å². The second-order valence-corrected chi connectivity index (χ2v) is 17.1. The maximum absolute atomic E-state index is 12.8. The van der Waals surface area contributed by atoms with Crippen LogP contribution in [-0.4, -0.2) is 37.2 Å². The van der Waals surface area contributed by atoms with Gasteiger partial charge in [-0.1, -0.05) is 229 Å². The molecule has 61 heavy (non-hydrogen) atoms. The Morgan fingerprint density at radius 3 is 1.10 bits per heavy atom. The fourth-order valence-corrected chi connectivity index (χ4v) is 7.21. The highest BCUT2D eigenvalue weighted by atomic mass is 16.6. The molecule has 1 atom stereocenters. The zero-order valence-electron chi connectivity index (χ0n) is 40.2. The first-order valence-corrected chi connectivity index (χ1v) is 25.8. The SMILES string of the molecule is CC\C=C/C=C\C=C/C=C\CCCCCC(=O)OC(COC(=O)CCCCCCC/C=C\CCCCC)COC(=O)CCCCCCCCCCCCCCCCCCCC. The molecule has 0 radical (unpaired) electrons. The van der Waals surface area contributed by atoms with Crippen molar-refractivity contribution in [2.45, 2.75) is 258 Å². The molecule has 0 aromatic rings. The van der Waals surface area contributed by atoms with Crippen LogP contribution in [0.25, 0.3) is 0 Å². The molecule has 0 saturated carbocycles. The lowest BCUT2D eigenvalue weighted by Crippen LogP contribution is -2.30. The van der Waals surface area contributed by atoms with E-state index in [0.29, 0.717) is 12.8 Å². The van der Waals surface area contributed by atoms with E-state index in [9.17, 15) is 14.4 Å². The van der Waals surface area contributed by atoms with Gasteiger partial charge in [0.05, 0.1) is 0 Å². The Kier molecular flexibility index (Phi) is 47.4. The molecule has 0 spiro atoms. The quantitative estimate of drug-likeness (QED) is 0.0200. The van der Waals surface area contributed by atoms with Gasteiger partial charge in [-0.25, -0.2) is 0 Å². The number of hydrogen-bond acceptors (Lipinski definition) is 6. The van der Waals surface area contributed by atoms with Crippen LogP contribution in [0.5, 0.6) is 0 Å². The molecular formula is C55H96O6. The Balaban J connectivity index is 4.37. The molecule has 6 heteroatoms. The lowest BCUT2D eigenvalue weighted by atomic mass is 10.0. The number of allylic oxidation sites excluding steroid dienone is 10. The molecule has 0 aromatic heterocycles. The molecular weight excluding hydrogens is 757 g/mol. The average molecular weight is 853 g/mol. The first-order valence-electron chi connectivity index (χ1n) is 25.8. The van der Waals surface area contributed by atoms with Crippen molar-refractivity contribution in [3.63, 3.8) is 0 Å². The topological polar surface area (TPSA) is 78.9 Å². The number of ether oxygens (including phenoxy) is 3. The van der Waals surface area contributed by atoms with E-state index >= 15 is 0 Å². The molecule has 0 bridgehead atoms. The Morgan fingerprint density at radius 2 is 0.656 bits per heavy atom. The van der Waals surface area contributed by atoms with Crippen LogP contribution in [0.15, 0.2) is 60.8 Å². The van der Waals surface area contributed by atoms with Crippen molar-refractivity contribution in [1.29, 1.82) is 0 Å². The minimum atomic E-state index is -0.794. The molecule has 0 aliphatic carbocycles. The van der Waals surface area contributed by atoms with Crippen LogP contribution in [0.1, 0.15) is 252 Å². The first kappa shape index (κ1) is 58.1. The van der Waals surface area contributed by atoms with E-state index in [1.54, 1.807) is 0 Å². The fourth-order valence-electron chi connectivity index (χ4n) is 7.21. The number of esters is 3. The third-order valence-corrected chi connectivity index (χ3v) is 11.1. The van der Waals surface area contributed by atoms with Crippen LogP contribution in [0.2, 0.25) is 0 Å². The number of carbonyl (C=O) groups excluding carboxylic acids is 3. The van der Waals surface area contributed by atoms with Gasteiger partial charge in [-0.3, -0.25) is 14.4 Å².